The smallest absolute Gasteiger partial charge is 0.416 e. The van der Waals surface area contributed by atoms with Gasteiger partial charge in [0.05, 0.1) is 12.0 Å². The van der Waals surface area contributed by atoms with E-state index in [0.29, 0.717) is 28.4 Å². The SMILES string of the molecule is Cc1cccc(CC(=O)O)c1Oc1ccccc1OCC=Cc1ccc(C(F)(F)F)cc1. The van der Waals surface area contributed by atoms with Crippen LogP contribution in [-0.4, -0.2) is 17.7 Å². The van der Waals surface area contributed by atoms with Gasteiger partial charge in [-0.15, -0.1) is 0 Å². The molecule has 0 aliphatic heterocycles. The lowest BCUT2D eigenvalue weighted by atomic mass is 10.1. The average molecular weight is 442 g/mol. The molecule has 0 heterocycles. The van der Waals surface area contributed by atoms with Crippen LogP contribution in [0.25, 0.3) is 6.08 Å². The van der Waals surface area contributed by atoms with Crippen molar-refractivity contribution in [1.82, 2.24) is 0 Å². The Morgan fingerprint density at radius 1 is 0.969 bits per heavy atom. The van der Waals surface area contributed by atoms with E-state index in [4.69, 9.17) is 14.6 Å². The van der Waals surface area contributed by atoms with E-state index in [1.807, 2.05) is 13.0 Å². The first-order valence-corrected chi connectivity index (χ1v) is 9.78. The lowest BCUT2D eigenvalue weighted by Crippen LogP contribution is -2.04. The molecule has 166 valence electrons. The summed E-state index contributed by atoms with van der Waals surface area (Å²) in [7, 11) is 0. The molecule has 0 aliphatic rings. The summed E-state index contributed by atoms with van der Waals surface area (Å²) in [6.07, 6.45) is -1.19. The summed E-state index contributed by atoms with van der Waals surface area (Å²) < 4.78 is 49.7. The summed E-state index contributed by atoms with van der Waals surface area (Å²) in [5.41, 5.74) is 1.26. The molecule has 3 rings (SSSR count). The molecule has 7 heteroatoms. The molecule has 0 amide bonds. The van der Waals surface area contributed by atoms with Crippen molar-refractivity contribution in [2.24, 2.45) is 0 Å². The monoisotopic (exact) mass is 442 g/mol. The summed E-state index contributed by atoms with van der Waals surface area (Å²) in [5, 5.41) is 9.15. The number of benzene rings is 3. The lowest BCUT2D eigenvalue weighted by Gasteiger charge is -2.15. The molecule has 0 fully saturated rings. The van der Waals surface area contributed by atoms with Gasteiger partial charge in [-0.3, -0.25) is 4.79 Å². The quantitative estimate of drug-likeness (QED) is 0.431. The highest BCUT2D eigenvalue weighted by Gasteiger charge is 2.29. The van der Waals surface area contributed by atoms with Crippen LogP contribution in [0.1, 0.15) is 22.3 Å². The van der Waals surface area contributed by atoms with Crippen molar-refractivity contribution in [3.8, 4) is 17.2 Å². The van der Waals surface area contributed by atoms with Gasteiger partial charge in [-0.05, 0) is 48.4 Å². The van der Waals surface area contributed by atoms with Gasteiger partial charge in [-0.25, -0.2) is 0 Å². The van der Waals surface area contributed by atoms with Crippen LogP contribution in [0.15, 0.2) is 72.8 Å². The number of hydrogen-bond acceptors (Lipinski definition) is 3. The number of carboxylic acids is 1. The highest BCUT2D eigenvalue weighted by Crippen LogP contribution is 2.35. The fourth-order valence-corrected chi connectivity index (χ4v) is 3.03. The van der Waals surface area contributed by atoms with E-state index < -0.39 is 17.7 Å². The number of aliphatic carboxylic acids is 1. The van der Waals surface area contributed by atoms with Gasteiger partial charge >= 0.3 is 12.1 Å². The third-order valence-corrected chi connectivity index (χ3v) is 4.58. The van der Waals surface area contributed by atoms with Gasteiger partial charge in [0.25, 0.3) is 0 Å². The van der Waals surface area contributed by atoms with Crippen LogP contribution < -0.4 is 9.47 Å². The zero-order chi connectivity index (χ0) is 23.1. The van der Waals surface area contributed by atoms with Gasteiger partial charge in [0.1, 0.15) is 12.4 Å². The molecular weight excluding hydrogens is 421 g/mol. The molecule has 3 aromatic carbocycles. The zero-order valence-electron chi connectivity index (χ0n) is 17.2. The summed E-state index contributed by atoms with van der Waals surface area (Å²) in [4.78, 5) is 11.2. The molecule has 0 aliphatic carbocycles. The predicted molar refractivity (Wildman–Crippen MR) is 115 cm³/mol. The second kappa shape index (κ2) is 10.0. The molecule has 32 heavy (non-hydrogen) atoms. The minimum absolute atomic E-state index is 0.164. The van der Waals surface area contributed by atoms with E-state index in [-0.39, 0.29) is 13.0 Å². The number of rotatable bonds is 8. The largest absolute Gasteiger partial charge is 0.486 e. The van der Waals surface area contributed by atoms with Gasteiger partial charge in [-0.1, -0.05) is 48.5 Å². The Bertz CT molecular complexity index is 1100. The Hall–Kier alpha value is -3.74. The fraction of sp³-hybridized carbons (Fsp3) is 0.160. The van der Waals surface area contributed by atoms with E-state index in [9.17, 15) is 18.0 Å². The lowest BCUT2D eigenvalue weighted by molar-refractivity contribution is -0.138. The summed E-state index contributed by atoms with van der Waals surface area (Å²) in [6, 6.07) is 17.1. The average Bonchev–Trinajstić information content (AvgIpc) is 2.74. The minimum Gasteiger partial charge on any atom is -0.486 e. The molecule has 0 atom stereocenters. The van der Waals surface area contributed by atoms with Gasteiger partial charge in [0.2, 0.25) is 0 Å². The molecule has 4 nitrogen and oxygen atoms in total. The highest BCUT2D eigenvalue weighted by atomic mass is 19.4. The van der Waals surface area contributed by atoms with Crippen molar-refractivity contribution in [1.29, 1.82) is 0 Å². The maximum atomic E-state index is 12.6. The van der Waals surface area contributed by atoms with Crippen LogP contribution in [-0.2, 0) is 17.4 Å². The van der Waals surface area contributed by atoms with Crippen molar-refractivity contribution >= 4 is 12.0 Å². The van der Waals surface area contributed by atoms with E-state index in [2.05, 4.69) is 0 Å². The van der Waals surface area contributed by atoms with Crippen molar-refractivity contribution in [3.05, 3.63) is 95.1 Å². The Labute approximate surface area is 183 Å². The van der Waals surface area contributed by atoms with Crippen molar-refractivity contribution in [2.75, 3.05) is 6.61 Å². The van der Waals surface area contributed by atoms with Crippen LogP contribution in [0.2, 0.25) is 0 Å². The van der Waals surface area contributed by atoms with Crippen LogP contribution >= 0.6 is 0 Å². The molecule has 0 bridgehead atoms. The van der Waals surface area contributed by atoms with Crippen molar-refractivity contribution in [2.45, 2.75) is 19.5 Å². The normalized spacial score (nSPS) is 11.5. The van der Waals surface area contributed by atoms with Crippen LogP contribution in [0.3, 0.4) is 0 Å². The number of aryl methyl sites for hydroxylation is 1. The van der Waals surface area contributed by atoms with E-state index in [0.717, 1.165) is 17.7 Å². The number of hydrogen-bond donors (Lipinski definition) is 1. The Kier molecular flexibility index (Phi) is 7.20. The van der Waals surface area contributed by atoms with Gasteiger partial charge in [0, 0.05) is 5.56 Å². The summed E-state index contributed by atoms with van der Waals surface area (Å²) in [6.45, 7) is 1.99. The molecule has 1 N–H and O–H groups in total. The molecule has 0 aromatic heterocycles. The number of carbonyl (C=O) groups is 1. The molecule has 0 saturated heterocycles. The number of para-hydroxylation sites is 3. The Morgan fingerprint density at radius 2 is 1.66 bits per heavy atom. The fourth-order valence-electron chi connectivity index (χ4n) is 3.03. The maximum Gasteiger partial charge on any atom is 0.416 e. The second-order valence-corrected chi connectivity index (χ2v) is 7.02. The molecule has 3 aromatic rings. The first kappa shape index (κ1) is 22.9. The minimum atomic E-state index is -4.36. The summed E-state index contributed by atoms with van der Waals surface area (Å²) >= 11 is 0. The van der Waals surface area contributed by atoms with E-state index in [1.54, 1.807) is 48.6 Å². The highest BCUT2D eigenvalue weighted by molar-refractivity contribution is 5.72. The summed E-state index contributed by atoms with van der Waals surface area (Å²) in [5.74, 6) is 0.384. The topological polar surface area (TPSA) is 55.8 Å². The molecule has 0 unspecified atom stereocenters. The van der Waals surface area contributed by atoms with Crippen LogP contribution in [0.4, 0.5) is 13.2 Å². The van der Waals surface area contributed by atoms with Gasteiger partial charge < -0.3 is 14.6 Å². The van der Waals surface area contributed by atoms with Crippen molar-refractivity contribution in [3.63, 3.8) is 0 Å². The van der Waals surface area contributed by atoms with Crippen molar-refractivity contribution < 1.29 is 32.5 Å². The number of carboxylic acid groups (broad SMARTS) is 1. The number of alkyl halides is 3. The molecular formula is C25H21F3O4. The van der Waals surface area contributed by atoms with Crippen LogP contribution in [0, 0.1) is 6.92 Å². The Morgan fingerprint density at radius 3 is 2.31 bits per heavy atom. The van der Waals surface area contributed by atoms with Gasteiger partial charge in [-0.2, -0.15) is 13.2 Å². The zero-order valence-corrected chi connectivity index (χ0v) is 17.2. The number of ether oxygens (including phenoxy) is 2. The Balaban J connectivity index is 1.69. The van der Waals surface area contributed by atoms with Gasteiger partial charge in [0.15, 0.2) is 11.5 Å². The molecule has 0 radical (unpaired) electrons. The standard InChI is InChI=1S/C25H21F3O4/c1-17-6-4-8-19(16-23(29)30)24(17)32-22-10-3-2-9-21(22)31-15-5-7-18-11-13-20(14-12-18)25(26,27)28/h2-14H,15-16H2,1H3,(H,29,30). The second-order valence-electron chi connectivity index (χ2n) is 7.02. The van der Waals surface area contributed by atoms with Crippen LogP contribution in [0.5, 0.6) is 17.2 Å². The third kappa shape index (κ3) is 6.14. The van der Waals surface area contributed by atoms with E-state index in [1.165, 1.54) is 12.1 Å². The number of halogens is 3. The predicted octanol–water partition coefficient (Wildman–Crippen LogP) is 6.53. The van der Waals surface area contributed by atoms with E-state index >= 15 is 0 Å². The molecule has 0 saturated carbocycles. The maximum absolute atomic E-state index is 12.6. The first-order valence-electron chi connectivity index (χ1n) is 9.78. The first-order chi connectivity index (χ1) is 15.2. The molecule has 0 spiro atoms. The third-order valence-electron chi connectivity index (χ3n) is 4.58.